The van der Waals surface area contributed by atoms with Crippen molar-refractivity contribution in [2.75, 3.05) is 6.61 Å². The van der Waals surface area contributed by atoms with E-state index in [0.717, 1.165) is 6.42 Å². The molecule has 1 rings (SSSR count). The number of aliphatic hydroxyl groups is 1. The monoisotopic (exact) mass is 158 g/mol. The largest absolute Gasteiger partial charge is 0.465 e. The Morgan fingerprint density at radius 3 is 3.00 bits per heavy atom. The molecule has 1 saturated heterocycles. The molecule has 1 aliphatic rings. The molecule has 0 radical (unpaired) electrons. The minimum absolute atomic E-state index is 0.231. The van der Waals surface area contributed by atoms with Crippen molar-refractivity contribution >= 4 is 5.97 Å². The average Bonchev–Trinajstić information content (AvgIpc) is 2.36. The molecule has 0 spiro atoms. The zero-order valence-electron chi connectivity index (χ0n) is 6.75. The maximum absolute atomic E-state index is 10.9. The second-order valence-corrected chi connectivity index (χ2v) is 2.92. The topological polar surface area (TPSA) is 46.5 Å². The maximum Gasteiger partial charge on any atom is 0.311 e. The fourth-order valence-corrected chi connectivity index (χ4v) is 1.36. The molecule has 3 heteroatoms. The van der Waals surface area contributed by atoms with Gasteiger partial charge in [-0.15, -0.1) is 0 Å². The van der Waals surface area contributed by atoms with Crippen LogP contribution in [0.5, 0.6) is 0 Å². The molecule has 0 aliphatic carbocycles. The Morgan fingerprint density at radius 1 is 1.82 bits per heavy atom. The third kappa shape index (κ3) is 1.93. The summed E-state index contributed by atoms with van der Waals surface area (Å²) in [6.45, 7) is 2.47. The molecule has 2 atom stereocenters. The summed E-state index contributed by atoms with van der Waals surface area (Å²) < 4.78 is 4.73. The second kappa shape index (κ2) is 3.72. The van der Waals surface area contributed by atoms with Crippen molar-refractivity contribution in [3.63, 3.8) is 0 Å². The van der Waals surface area contributed by atoms with E-state index in [1.54, 1.807) is 0 Å². The summed E-state index contributed by atoms with van der Waals surface area (Å²) in [5.41, 5.74) is 0. The van der Waals surface area contributed by atoms with Gasteiger partial charge in [0.15, 0.2) is 0 Å². The van der Waals surface area contributed by atoms with Gasteiger partial charge in [-0.2, -0.15) is 0 Å². The van der Waals surface area contributed by atoms with Gasteiger partial charge in [0.05, 0.1) is 18.6 Å². The normalized spacial score (nSPS) is 26.7. The number of hydrogen-bond donors (Lipinski definition) is 1. The summed E-state index contributed by atoms with van der Waals surface area (Å²) in [6.07, 6.45) is 1.79. The molecule has 64 valence electrons. The van der Waals surface area contributed by atoms with Gasteiger partial charge in [0.1, 0.15) is 0 Å². The van der Waals surface area contributed by atoms with Crippen molar-refractivity contribution in [2.45, 2.75) is 32.3 Å². The van der Waals surface area contributed by atoms with E-state index < -0.39 is 6.10 Å². The van der Waals surface area contributed by atoms with Crippen LogP contribution in [-0.2, 0) is 9.53 Å². The van der Waals surface area contributed by atoms with E-state index in [1.807, 2.05) is 6.92 Å². The first-order valence-electron chi connectivity index (χ1n) is 4.10. The predicted octanol–water partition coefficient (Wildman–Crippen LogP) is 0.710. The Bertz CT molecular complexity index is 144. The Labute approximate surface area is 66.4 Å². The van der Waals surface area contributed by atoms with Crippen molar-refractivity contribution in [3.05, 3.63) is 0 Å². The summed E-state index contributed by atoms with van der Waals surface area (Å²) in [6, 6.07) is 0. The Morgan fingerprint density at radius 2 is 2.55 bits per heavy atom. The van der Waals surface area contributed by atoms with Crippen LogP contribution in [0.4, 0.5) is 0 Å². The fourth-order valence-electron chi connectivity index (χ4n) is 1.36. The minimum atomic E-state index is -0.491. The molecule has 3 nitrogen and oxygen atoms in total. The molecule has 1 fully saturated rings. The van der Waals surface area contributed by atoms with Gasteiger partial charge in [0.25, 0.3) is 0 Å². The third-order valence-corrected chi connectivity index (χ3v) is 2.02. The predicted molar refractivity (Wildman–Crippen MR) is 40.0 cm³/mol. The van der Waals surface area contributed by atoms with Gasteiger partial charge in [-0.1, -0.05) is 13.3 Å². The van der Waals surface area contributed by atoms with Gasteiger partial charge in [-0.25, -0.2) is 0 Å². The highest BCUT2D eigenvalue weighted by Crippen LogP contribution is 2.20. The van der Waals surface area contributed by atoms with Crippen molar-refractivity contribution < 1.29 is 14.6 Å². The van der Waals surface area contributed by atoms with Gasteiger partial charge in [-0.3, -0.25) is 4.79 Å². The van der Waals surface area contributed by atoms with E-state index in [4.69, 9.17) is 4.74 Å². The van der Waals surface area contributed by atoms with Crippen LogP contribution >= 0.6 is 0 Å². The number of aliphatic hydroxyl groups excluding tert-OH is 1. The van der Waals surface area contributed by atoms with Crippen LogP contribution in [0.15, 0.2) is 0 Å². The lowest BCUT2D eigenvalue weighted by Gasteiger charge is -2.12. The molecule has 1 N–H and O–H groups in total. The van der Waals surface area contributed by atoms with Crippen LogP contribution in [-0.4, -0.2) is 23.8 Å². The first-order valence-corrected chi connectivity index (χ1v) is 4.10. The van der Waals surface area contributed by atoms with Gasteiger partial charge in [-0.05, 0) is 12.8 Å². The zero-order valence-corrected chi connectivity index (χ0v) is 6.75. The molecular formula is C8H14O3. The highest BCUT2D eigenvalue weighted by atomic mass is 16.5. The van der Waals surface area contributed by atoms with Crippen molar-refractivity contribution in [1.82, 2.24) is 0 Å². The summed E-state index contributed by atoms with van der Waals surface area (Å²) in [4.78, 5) is 10.9. The molecule has 0 bridgehead atoms. The van der Waals surface area contributed by atoms with E-state index in [2.05, 4.69) is 0 Å². The molecule has 1 aliphatic heterocycles. The summed E-state index contributed by atoms with van der Waals surface area (Å²) in [5.74, 6) is -0.485. The first-order chi connectivity index (χ1) is 5.25. The van der Waals surface area contributed by atoms with Crippen LogP contribution in [0.3, 0.4) is 0 Å². The van der Waals surface area contributed by atoms with Gasteiger partial charge in [0, 0.05) is 0 Å². The van der Waals surface area contributed by atoms with Crippen LogP contribution in [0.2, 0.25) is 0 Å². The van der Waals surface area contributed by atoms with Crippen LogP contribution < -0.4 is 0 Å². The van der Waals surface area contributed by atoms with E-state index in [9.17, 15) is 9.90 Å². The van der Waals surface area contributed by atoms with Crippen LogP contribution in [0.25, 0.3) is 0 Å². The molecular weight excluding hydrogens is 144 g/mol. The van der Waals surface area contributed by atoms with E-state index >= 15 is 0 Å². The lowest BCUT2D eigenvalue weighted by molar-refractivity contribution is -0.144. The Hall–Kier alpha value is -0.570. The van der Waals surface area contributed by atoms with E-state index in [0.29, 0.717) is 19.4 Å². The molecule has 0 amide bonds. The Balaban J connectivity index is 2.39. The SMILES string of the molecule is CCC[C@H](O)[C@H]1CCOC1=O. The van der Waals surface area contributed by atoms with Gasteiger partial charge in [0.2, 0.25) is 0 Å². The summed E-state index contributed by atoms with van der Waals surface area (Å²) in [5, 5.41) is 9.42. The highest BCUT2D eigenvalue weighted by molar-refractivity contribution is 5.74. The lowest BCUT2D eigenvalue weighted by atomic mass is 9.98. The molecule has 1 heterocycles. The summed E-state index contributed by atoms with van der Waals surface area (Å²) in [7, 11) is 0. The molecule has 0 saturated carbocycles. The standard InChI is InChI=1S/C8H14O3/c1-2-3-7(9)6-4-5-11-8(6)10/h6-7,9H,2-5H2,1H3/t6-,7+/m1/s1. The maximum atomic E-state index is 10.9. The fraction of sp³-hybridized carbons (Fsp3) is 0.875. The van der Waals surface area contributed by atoms with E-state index in [-0.39, 0.29) is 11.9 Å². The van der Waals surface area contributed by atoms with Crippen LogP contribution in [0, 0.1) is 5.92 Å². The van der Waals surface area contributed by atoms with Gasteiger partial charge < -0.3 is 9.84 Å². The number of ether oxygens (including phenoxy) is 1. The smallest absolute Gasteiger partial charge is 0.311 e. The quantitative estimate of drug-likeness (QED) is 0.615. The molecule has 0 aromatic heterocycles. The molecule has 0 aromatic rings. The number of hydrogen-bond acceptors (Lipinski definition) is 3. The number of carbonyl (C=O) groups excluding carboxylic acids is 1. The number of carbonyl (C=O) groups is 1. The number of esters is 1. The Kier molecular flexibility index (Phi) is 2.88. The van der Waals surface area contributed by atoms with E-state index in [1.165, 1.54) is 0 Å². The minimum Gasteiger partial charge on any atom is -0.465 e. The summed E-state index contributed by atoms with van der Waals surface area (Å²) >= 11 is 0. The van der Waals surface area contributed by atoms with Crippen LogP contribution in [0.1, 0.15) is 26.2 Å². The van der Waals surface area contributed by atoms with Crippen molar-refractivity contribution in [1.29, 1.82) is 0 Å². The average molecular weight is 158 g/mol. The lowest BCUT2D eigenvalue weighted by Crippen LogP contribution is -2.24. The number of cyclic esters (lactones) is 1. The molecule has 0 aromatic carbocycles. The third-order valence-electron chi connectivity index (χ3n) is 2.02. The first kappa shape index (κ1) is 8.53. The van der Waals surface area contributed by atoms with Crippen molar-refractivity contribution in [2.24, 2.45) is 5.92 Å². The zero-order chi connectivity index (χ0) is 8.27. The molecule has 11 heavy (non-hydrogen) atoms. The molecule has 0 unspecified atom stereocenters. The highest BCUT2D eigenvalue weighted by Gasteiger charge is 2.32. The second-order valence-electron chi connectivity index (χ2n) is 2.92. The number of rotatable bonds is 3. The van der Waals surface area contributed by atoms with Gasteiger partial charge >= 0.3 is 5.97 Å². The van der Waals surface area contributed by atoms with Crippen molar-refractivity contribution in [3.8, 4) is 0 Å².